The summed E-state index contributed by atoms with van der Waals surface area (Å²) in [5.74, 6) is -1.88. The maximum Gasteiger partial charge on any atom is 0.326 e. The maximum atomic E-state index is 13.6. The molecule has 1 aliphatic rings. The molecule has 1 fully saturated rings. The number of hydrogen-bond donors (Lipinski definition) is 5. The second-order valence-electron chi connectivity index (χ2n) is 10.3. The van der Waals surface area contributed by atoms with Gasteiger partial charge in [-0.25, -0.2) is 4.79 Å². The van der Waals surface area contributed by atoms with Gasteiger partial charge in [0, 0.05) is 30.1 Å². The van der Waals surface area contributed by atoms with Gasteiger partial charge in [-0.2, -0.15) is 11.8 Å². The minimum Gasteiger partial charge on any atom is -0.480 e. The molecular formula is C30H37N5O5S. The Labute approximate surface area is 243 Å². The van der Waals surface area contributed by atoms with Crippen molar-refractivity contribution in [3.8, 4) is 0 Å². The standard InChI is InChI=1S/C30H37N5O5S/c1-41-15-13-24(33-27(36)22(31)17-20-18-32-23-11-6-5-10-21(20)23)28(37)34-25(16-19-8-3-2-4-9-19)29(38)35-14-7-12-26(35)30(39)40/h2-6,8-11,18,22,24-26,32H,7,12-17,31H2,1H3,(H,33,36)(H,34,37)(H,39,40)/t22-,24-,25-,26-/m0/s1. The second-order valence-corrected chi connectivity index (χ2v) is 11.3. The number of aromatic nitrogens is 1. The zero-order valence-electron chi connectivity index (χ0n) is 23.0. The Balaban J connectivity index is 1.48. The van der Waals surface area contributed by atoms with Crippen LogP contribution in [0.1, 0.15) is 30.4 Å². The molecule has 0 radical (unpaired) electrons. The molecule has 0 bridgehead atoms. The number of likely N-dealkylation sites (tertiary alicyclic amines) is 1. The summed E-state index contributed by atoms with van der Waals surface area (Å²) >= 11 is 1.53. The SMILES string of the molecule is CSCC[C@H](NC(=O)[C@@H](N)Cc1c[nH]c2ccccc12)C(=O)N[C@@H](Cc1ccccc1)C(=O)N1CCC[C@H]1C(=O)O. The van der Waals surface area contributed by atoms with Crippen molar-refractivity contribution in [2.75, 3.05) is 18.6 Å². The molecule has 41 heavy (non-hydrogen) atoms. The quantitative estimate of drug-likeness (QED) is 0.207. The number of nitrogens with one attached hydrogen (secondary N) is 3. The van der Waals surface area contributed by atoms with E-state index in [1.165, 1.54) is 16.7 Å². The molecule has 2 aromatic carbocycles. The molecule has 3 amide bonds. The highest BCUT2D eigenvalue weighted by Crippen LogP contribution is 2.21. The first-order chi connectivity index (χ1) is 19.8. The zero-order chi connectivity index (χ0) is 29.4. The predicted molar refractivity (Wildman–Crippen MR) is 159 cm³/mol. The molecule has 0 saturated carbocycles. The molecule has 1 aromatic heterocycles. The molecular weight excluding hydrogens is 542 g/mol. The van der Waals surface area contributed by atoms with Crippen LogP contribution in [0.5, 0.6) is 0 Å². The van der Waals surface area contributed by atoms with Crippen molar-refractivity contribution in [1.82, 2.24) is 20.5 Å². The van der Waals surface area contributed by atoms with Gasteiger partial charge in [0.2, 0.25) is 17.7 Å². The molecule has 0 unspecified atom stereocenters. The fraction of sp³-hybridized carbons (Fsp3) is 0.400. The van der Waals surface area contributed by atoms with E-state index in [0.717, 1.165) is 22.0 Å². The number of para-hydroxylation sites is 1. The summed E-state index contributed by atoms with van der Waals surface area (Å²) < 4.78 is 0. The van der Waals surface area contributed by atoms with E-state index < -0.39 is 47.9 Å². The van der Waals surface area contributed by atoms with E-state index in [-0.39, 0.29) is 12.8 Å². The number of carboxylic acids is 1. The van der Waals surface area contributed by atoms with Crippen LogP contribution in [0.3, 0.4) is 0 Å². The summed E-state index contributed by atoms with van der Waals surface area (Å²) in [4.78, 5) is 56.6. The lowest BCUT2D eigenvalue weighted by molar-refractivity contribution is -0.149. The van der Waals surface area contributed by atoms with Gasteiger partial charge in [0.1, 0.15) is 18.1 Å². The predicted octanol–water partition coefficient (Wildman–Crippen LogP) is 2.08. The lowest BCUT2D eigenvalue weighted by atomic mass is 10.0. The number of aliphatic carboxylic acids is 1. The van der Waals surface area contributed by atoms with E-state index in [2.05, 4.69) is 15.6 Å². The summed E-state index contributed by atoms with van der Waals surface area (Å²) in [6, 6.07) is 13.3. The minimum absolute atomic E-state index is 0.192. The van der Waals surface area contributed by atoms with Crippen LogP contribution in [0, 0.1) is 0 Å². The van der Waals surface area contributed by atoms with Crippen molar-refractivity contribution in [2.24, 2.45) is 5.73 Å². The van der Waals surface area contributed by atoms with Crippen molar-refractivity contribution >= 4 is 46.4 Å². The van der Waals surface area contributed by atoms with Gasteiger partial charge in [0.25, 0.3) is 0 Å². The Morgan fingerprint density at radius 2 is 1.73 bits per heavy atom. The smallest absolute Gasteiger partial charge is 0.326 e. The number of rotatable bonds is 13. The fourth-order valence-electron chi connectivity index (χ4n) is 5.22. The van der Waals surface area contributed by atoms with E-state index in [0.29, 0.717) is 31.6 Å². The number of carbonyl (C=O) groups is 4. The number of amides is 3. The molecule has 4 rings (SSSR count). The van der Waals surface area contributed by atoms with Crippen LogP contribution in [0.2, 0.25) is 0 Å². The number of H-pyrrole nitrogens is 1. The van der Waals surface area contributed by atoms with Gasteiger partial charge >= 0.3 is 5.97 Å². The van der Waals surface area contributed by atoms with Crippen LogP contribution in [-0.4, -0.2) is 81.4 Å². The van der Waals surface area contributed by atoms with Gasteiger partial charge in [-0.1, -0.05) is 48.5 Å². The first-order valence-electron chi connectivity index (χ1n) is 13.8. The monoisotopic (exact) mass is 579 g/mol. The van der Waals surface area contributed by atoms with Crippen LogP contribution in [0.25, 0.3) is 10.9 Å². The summed E-state index contributed by atoms with van der Waals surface area (Å²) in [7, 11) is 0. The number of nitrogens with two attached hydrogens (primary N) is 1. The highest BCUT2D eigenvalue weighted by Gasteiger charge is 2.38. The van der Waals surface area contributed by atoms with E-state index in [4.69, 9.17) is 5.73 Å². The first kappa shape index (κ1) is 30.1. The first-order valence-corrected chi connectivity index (χ1v) is 15.1. The molecule has 1 saturated heterocycles. The van der Waals surface area contributed by atoms with Crippen LogP contribution < -0.4 is 16.4 Å². The molecule has 0 aliphatic carbocycles. The van der Waals surface area contributed by atoms with Crippen molar-refractivity contribution < 1.29 is 24.3 Å². The normalized spacial score (nSPS) is 17.1. The minimum atomic E-state index is -1.06. The van der Waals surface area contributed by atoms with Gasteiger partial charge in [0.15, 0.2) is 0 Å². The van der Waals surface area contributed by atoms with Gasteiger partial charge in [-0.05, 0) is 54.9 Å². The van der Waals surface area contributed by atoms with E-state index in [9.17, 15) is 24.3 Å². The number of aromatic amines is 1. The average Bonchev–Trinajstić information content (AvgIpc) is 3.63. The van der Waals surface area contributed by atoms with E-state index in [1.54, 1.807) is 0 Å². The van der Waals surface area contributed by atoms with E-state index >= 15 is 0 Å². The molecule has 11 heteroatoms. The Bertz CT molecular complexity index is 1360. The molecule has 2 heterocycles. The number of fused-ring (bicyclic) bond motifs is 1. The molecule has 10 nitrogen and oxygen atoms in total. The summed E-state index contributed by atoms with van der Waals surface area (Å²) in [5.41, 5.74) is 8.95. The number of benzene rings is 2. The number of carboxylic acid groups (broad SMARTS) is 1. The average molecular weight is 580 g/mol. The fourth-order valence-corrected chi connectivity index (χ4v) is 5.69. The third kappa shape index (κ3) is 7.68. The Kier molecular flexibility index (Phi) is 10.4. The van der Waals surface area contributed by atoms with Crippen LogP contribution in [0.4, 0.5) is 0 Å². The second kappa shape index (κ2) is 14.2. The Morgan fingerprint density at radius 3 is 2.46 bits per heavy atom. The molecule has 6 N–H and O–H groups in total. The highest BCUT2D eigenvalue weighted by atomic mass is 32.2. The molecule has 0 spiro atoms. The van der Waals surface area contributed by atoms with Crippen LogP contribution in [0.15, 0.2) is 60.8 Å². The summed E-state index contributed by atoms with van der Waals surface area (Å²) in [6.45, 7) is 0.312. The van der Waals surface area contributed by atoms with Crippen molar-refractivity contribution in [3.05, 3.63) is 71.9 Å². The lowest BCUT2D eigenvalue weighted by Crippen LogP contribution is -2.58. The summed E-state index contributed by atoms with van der Waals surface area (Å²) in [6.07, 6.45) is 5.50. The van der Waals surface area contributed by atoms with Gasteiger partial charge in [-0.3, -0.25) is 14.4 Å². The zero-order valence-corrected chi connectivity index (χ0v) is 23.9. The highest BCUT2D eigenvalue weighted by molar-refractivity contribution is 7.98. The summed E-state index contributed by atoms with van der Waals surface area (Å²) in [5, 5.41) is 16.2. The largest absolute Gasteiger partial charge is 0.480 e. The van der Waals surface area contributed by atoms with Crippen molar-refractivity contribution in [3.63, 3.8) is 0 Å². The topological polar surface area (TPSA) is 158 Å². The third-order valence-electron chi connectivity index (χ3n) is 7.41. The van der Waals surface area contributed by atoms with Crippen molar-refractivity contribution in [1.29, 1.82) is 0 Å². The van der Waals surface area contributed by atoms with Crippen molar-refractivity contribution in [2.45, 2.75) is 56.3 Å². The lowest BCUT2D eigenvalue weighted by Gasteiger charge is -2.29. The molecule has 3 aromatic rings. The number of thioether (sulfide) groups is 1. The molecule has 1 aliphatic heterocycles. The third-order valence-corrected chi connectivity index (χ3v) is 8.06. The van der Waals surface area contributed by atoms with Crippen LogP contribution >= 0.6 is 11.8 Å². The maximum absolute atomic E-state index is 13.6. The molecule has 218 valence electrons. The Morgan fingerprint density at radius 1 is 1.02 bits per heavy atom. The van der Waals surface area contributed by atoms with Gasteiger partial charge in [0.05, 0.1) is 6.04 Å². The number of nitrogens with zero attached hydrogens (tertiary/aromatic N) is 1. The van der Waals surface area contributed by atoms with Gasteiger partial charge < -0.3 is 31.4 Å². The number of hydrogen-bond acceptors (Lipinski definition) is 6. The van der Waals surface area contributed by atoms with Gasteiger partial charge in [-0.15, -0.1) is 0 Å². The Hall–Kier alpha value is -3.83. The van der Waals surface area contributed by atoms with Crippen LogP contribution in [-0.2, 0) is 32.0 Å². The molecule has 4 atom stereocenters. The number of carbonyl (C=O) groups excluding carboxylic acids is 3. The van der Waals surface area contributed by atoms with E-state index in [1.807, 2.05) is 67.0 Å².